The monoisotopic (exact) mass is 316 g/mol. The highest BCUT2D eigenvalue weighted by molar-refractivity contribution is 7.99. The number of aryl methyl sites for hydroxylation is 1. The van der Waals surface area contributed by atoms with E-state index in [0.717, 1.165) is 0 Å². The first-order valence-corrected chi connectivity index (χ1v) is 7.06. The third-order valence-corrected chi connectivity index (χ3v) is 3.61. The van der Waals surface area contributed by atoms with Crippen molar-refractivity contribution in [1.82, 2.24) is 15.2 Å². The topological polar surface area (TPSA) is 70.7 Å². The number of para-hydroxylation sites is 1. The first-order valence-electron chi connectivity index (χ1n) is 5.32. The summed E-state index contributed by atoms with van der Waals surface area (Å²) in [6, 6.07) is 5.04. The van der Waals surface area contributed by atoms with Crippen molar-refractivity contribution in [3.63, 3.8) is 0 Å². The summed E-state index contributed by atoms with van der Waals surface area (Å²) >= 11 is 13.1. The van der Waals surface area contributed by atoms with Crippen LogP contribution in [0.2, 0.25) is 10.0 Å². The molecule has 5 nitrogen and oxygen atoms in total. The van der Waals surface area contributed by atoms with Crippen LogP contribution < -0.4 is 5.32 Å². The van der Waals surface area contributed by atoms with Crippen molar-refractivity contribution in [1.29, 1.82) is 0 Å². The highest BCUT2D eigenvalue weighted by Crippen LogP contribution is 2.29. The molecule has 0 fully saturated rings. The second-order valence-electron chi connectivity index (χ2n) is 3.64. The van der Waals surface area contributed by atoms with Crippen LogP contribution in [0, 0.1) is 6.92 Å². The molecule has 0 bridgehead atoms. The van der Waals surface area contributed by atoms with Crippen LogP contribution in [0.25, 0.3) is 0 Å². The smallest absolute Gasteiger partial charge is 0.234 e. The van der Waals surface area contributed by atoms with Gasteiger partial charge in [0.05, 0.1) is 21.5 Å². The van der Waals surface area contributed by atoms with Crippen LogP contribution in [0.1, 0.15) is 5.82 Å². The average Bonchev–Trinajstić information content (AvgIpc) is 2.77. The predicted octanol–water partition coefficient (Wildman–Crippen LogP) is 3.15. The van der Waals surface area contributed by atoms with Gasteiger partial charge in [0.2, 0.25) is 11.1 Å². The maximum Gasteiger partial charge on any atom is 0.234 e. The third kappa shape index (κ3) is 3.86. The molecule has 0 saturated carbocycles. The number of anilines is 1. The normalized spacial score (nSPS) is 10.5. The van der Waals surface area contributed by atoms with Gasteiger partial charge in [0.15, 0.2) is 0 Å². The van der Waals surface area contributed by atoms with Gasteiger partial charge >= 0.3 is 0 Å². The largest absolute Gasteiger partial charge is 0.323 e. The van der Waals surface area contributed by atoms with Crippen molar-refractivity contribution in [2.45, 2.75) is 12.1 Å². The quantitative estimate of drug-likeness (QED) is 0.850. The van der Waals surface area contributed by atoms with E-state index >= 15 is 0 Å². The number of aromatic amines is 1. The number of thioether (sulfide) groups is 1. The number of benzene rings is 1. The van der Waals surface area contributed by atoms with Crippen LogP contribution in [-0.2, 0) is 4.79 Å². The lowest BCUT2D eigenvalue weighted by Crippen LogP contribution is -2.14. The molecule has 0 spiro atoms. The minimum Gasteiger partial charge on any atom is -0.323 e. The molecule has 1 aromatic carbocycles. The lowest BCUT2D eigenvalue weighted by atomic mass is 10.3. The molecule has 1 amide bonds. The molecule has 0 unspecified atom stereocenters. The van der Waals surface area contributed by atoms with E-state index in [-0.39, 0.29) is 11.7 Å². The molecular formula is C11H10Cl2N4OS. The molecular weight excluding hydrogens is 307 g/mol. The molecule has 100 valence electrons. The number of halogens is 2. The van der Waals surface area contributed by atoms with Gasteiger partial charge in [-0.15, -0.1) is 5.10 Å². The van der Waals surface area contributed by atoms with E-state index in [4.69, 9.17) is 23.2 Å². The zero-order chi connectivity index (χ0) is 13.8. The molecule has 1 aromatic heterocycles. The van der Waals surface area contributed by atoms with Gasteiger partial charge in [0.1, 0.15) is 5.82 Å². The van der Waals surface area contributed by atoms with Crippen LogP contribution in [-0.4, -0.2) is 26.8 Å². The Hall–Kier alpha value is -1.24. The van der Waals surface area contributed by atoms with E-state index in [0.29, 0.717) is 26.7 Å². The van der Waals surface area contributed by atoms with Gasteiger partial charge in [0, 0.05) is 0 Å². The van der Waals surface area contributed by atoms with Crippen LogP contribution in [0.5, 0.6) is 0 Å². The fraction of sp³-hybridized carbons (Fsp3) is 0.182. The van der Waals surface area contributed by atoms with E-state index in [1.807, 2.05) is 0 Å². The van der Waals surface area contributed by atoms with Gasteiger partial charge in [-0.05, 0) is 19.1 Å². The molecule has 8 heteroatoms. The molecule has 2 N–H and O–H groups in total. The fourth-order valence-electron chi connectivity index (χ4n) is 1.31. The number of aromatic nitrogens is 3. The Morgan fingerprint density at radius 3 is 2.68 bits per heavy atom. The SMILES string of the molecule is Cc1nc(SCC(=O)Nc2c(Cl)cccc2Cl)n[nH]1. The molecule has 1 heterocycles. The Bertz CT molecular complexity index is 582. The number of H-pyrrole nitrogens is 1. The average molecular weight is 317 g/mol. The second kappa shape index (κ2) is 6.27. The number of amides is 1. The maximum atomic E-state index is 11.8. The number of carbonyl (C=O) groups excluding carboxylic acids is 1. The molecule has 0 radical (unpaired) electrons. The highest BCUT2D eigenvalue weighted by Gasteiger charge is 2.11. The summed E-state index contributed by atoms with van der Waals surface area (Å²) in [5, 5.41) is 10.6. The molecule has 0 aliphatic carbocycles. The Morgan fingerprint density at radius 2 is 2.11 bits per heavy atom. The summed E-state index contributed by atoms with van der Waals surface area (Å²) in [5.41, 5.74) is 0.419. The third-order valence-electron chi connectivity index (χ3n) is 2.14. The Labute approximate surface area is 124 Å². The molecule has 0 saturated heterocycles. The number of carbonyl (C=O) groups is 1. The van der Waals surface area contributed by atoms with Crippen molar-refractivity contribution in [2.75, 3.05) is 11.1 Å². The molecule has 2 aromatic rings. The lowest BCUT2D eigenvalue weighted by molar-refractivity contribution is -0.113. The summed E-state index contributed by atoms with van der Waals surface area (Å²) in [7, 11) is 0. The van der Waals surface area contributed by atoms with E-state index in [2.05, 4.69) is 20.5 Å². The molecule has 0 aliphatic rings. The Kier molecular flexibility index (Phi) is 4.68. The summed E-state index contributed by atoms with van der Waals surface area (Å²) in [4.78, 5) is 15.9. The van der Waals surface area contributed by atoms with Crippen molar-refractivity contribution < 1.29 is 4.79 Å². The lowest BCUT2D eigenvalue weighted by Gasteiger charge is -2.08. The minimum atomic E-state index is -0.220. The number of rotatable bonds is 4. The summed E-state index contributed by atoms with van der Waals surface area (Å²) in [6.45, 7) is 1.79. The van der Waals surface area contributed by atoms with Crippen LogP contribution >= 0.6 is 35.0 Å². The zero-order valence-electron chi connectivity index (χ0n) is 9.91. The van der Waals surface area contributed by atoms with Crippen LogP contribution in [0.15, 0.2) is 23.4 Å². The van der Waals surface area contributed by atoms with Crippen molar-refractivity contribution in [3.05, 3.63) is 34.1 Å². The van der Waals surface area contributed by atoms with E-state index < -0.39 is 0 Å². The van der Waals surface area contributed by atoms with Gasteiger partial charge in [-0.3, -0.25) is 9.89 Å². The van der Waals surface area contributed by atoms with E-state index in [9.17, 15) is 4.79 Å². The molecule has 0 aliphatic heterocycles. The number of nitrogens with zero attached hydrogens (tertiary/aromatic N) is 2. The van der Waals surface area contributed by atoms with Gasteiger partial charge in [-0.2, -0.15) is 0 Å². The Morgan fingerprint density at radius 1 is 1.42 bits per heavy atom. The molecule has 2 rings (SSSR count). The summed E-state index contributed by atoms with van der Waals surface area (Å²) in [5.74, 6) is 0.665. The minimum absolute atomic E-state index is 0.179. The molecule has 19 heavy (non-hydrogen) atoms. The summed E-state index contributed by atoms with van der Waals surface area (Å²) < 4.78 is 0. The standard InChI is InChI=1S/C11H10Cl2N4OS/c1-6-14-11(17-16-6)19-5-9(18)15-10-7(12)3-2-4-8(10)13/h2-4H,5H2,1H3,(H,15,18)(H,14,16,17). The first-order chi connectivity index (χ1) is 9.06. The van der Waals surface area contributed by atoms with Gasteiger partial charge in [-0.25, -0.2) is 4.98 Å². The van der Waals surface area contributed by atoms with Crippen LogP contribution in [0.4, 0.5) is 5.69 Å². The number of hydrogen-bond donors (Lipinski definition) is 2. The highest BCUT2D eigenvalue weighted by atomic mass is 35.5. The Balaban J connectivity index is 1.94. The summed E-state index contributed by atoms with van der Waals surface area (Å²) in [6.07, 6.45) is 0. The van der Waals surface area contributed by atoms with Crippen LogP contribution in [0.3, 0.4) is 0 Å². The van der Waals surface area contributed by atoms with Crippen molar-refractivity contribution in [3.8, 4) is 0 Å². The van der Waals surface area contributed by atoms with Gasteiger partial charge < -0.3 is 5.32 Å². The number of nitrogens with one attached hydrogen (secondary N) is 2. The van der Waals surface area contributed by atoms with Crippen molar-refractivity contribution in [2.24, 2.45) is 0 Å². The van der Waals surface area contributed by atoms with Gasteiger partial charge in [0.25, 0.3) is 0 Å². The van der Waals surface area contributed by atoms with E-state index in [1.54, 1.807) is 25.1 Å². The zero-order valence-corrected chi connectivity index (χ0v) is 12.2. The second-order valence-corrected chi connectivity index (χ2v) is 5.39. The first kappa shape index (κ1) is 14.2. The molecule has 0 atom stereocenters. The maximum absolute atomic E-state index is 11.8. The predicted molar refractivity (Wildman–Crippen MR) is 76.9 cm³/mol. The number of hydrogen-bond acceptors (Lipinski definition) is 4. The fourth-order valence-corrected chi connectivity index (χ4v) is 2.45. The van der Waals surface area contributed by atoms with Crippen molar-refractivity contribution >= 4 is 46.6 Å². The van der Waals surface area contributed by atoms with Gasteiger partial charge in [-0.1, -0.05) is 41.0 Å². The van der Waals surface area contributed by atoms with E-state index in [1.165, 1.54) is 11.8 Å².